The van der Waals surface area contributed by atoms with Crippen LogP contribution in [0.15, 0.2) is 182 Å². The van der Waals surface area contributed by atoms with Crippen LogP contribution >= 0.6 is 0 Å². The Kier molecular flexibility index (Phi) is 14.2. The average Bonchev–Trinajstić information content (AvgIpc) is 4.19. The molecule has 11 aromatic rings. The number of nitrogens with zero attached hydrogens (tertiary/aromatic N) is 4. The molecule has 5 nitrogen and oxygen atoms in total. The summed E-state index contributed by atoms with van der Waals surface area (Å²) in [4.78, 5) is 5.26. The number of para-hydroxylation sites is 4. The van der Waals surface area contributed by atoms with E-state index in [0.29, 0.717) is 11.5 Å². The van der Waals surface area contributed by atoms with Crippen LogP contribution in [0, 0.1) is 23.9 Å². The van der Waals surface area contributed by atoms with Crippen LogP contribution in [0.25, 0.3) is 83.4 Å². The molecule has 0 radical (unpaired) electrons. The molecular formula is C72H70N4OPt-2. The van der Waals surface area contributed by atoms with Gasteiger partial charge in [0.25, 0.3) is 6.33 Å². The van der Waals surface area contributed by atoms with E-state index >= 15 is 0 Å². The second kappa shape index (κ2) is 20.5. The summed E-state index contributed by atoms with van der Waals surface area (Å²) < 4.78 is 13.4. The molecule has 6 heteroatoms. The molecule has 11 rings (SSSR count). The maximum atomic E-state index is 6.81. The number of imidazole rings is 1. The van der Waals surface area contributed by atoms with Gasteiger partial charge in [-0.15, -0.1) is 29.7 Å². The molecule has 8 aromatic carbocycles. The molecule has 396 valence electrons. The van der Waals surface area contributed by atoms with Crippen molar-refractivity contribution in [2.75, 3.05) is 0 Å². The molecule has 0 saturated carbocycles. The maximum absolute atomic E-state index is 6.81. The third kappa shape index (κ3) is 10.3. The molecule has 0 aliphatic rings. The Morgan fingerprint density at radius 3 is 1.76 bits per heavy atom. The van der Waals surface area contributed by atoms with Gasteiger partial charge in [0.2, 0.25) is 0 Å². The van der Waals surface area contributed by atoms with Gasteiger partial charge in [0, 0.05) is 49.8 Å². The number of hydrogen-bond donors (Lipinski definition) is 0. The van der Waals surface area contributed by atoms with Crippen molar-refractivity contribution in [1.29, 1.82) is 0 Å². The summed E-state index contributed by atoms with van der Waals surface area (Å²) in [5, 5.41) is 2.21. The fourth-order valence-corrected chi connectivity index (χ4v) is 10.6. The first-order chi connectivity index (χ1) is 36.6. The predicted molar refractivity (Wildman–Crippen MR) is 320 cm³/mol. The van der Waals surface area contributed by atoms with Crippen molar-refractivity contribution >= 4 is 32.8 Å². The summed E-state index contributed by atoms with van der Waals surface area (Å²) in [6.07, 6.45) is 5.93. The Morgan fingerprint density at radius 1 is 0.500 bits per heavy atom. The first kappa shape index (κ1) is 54.0. The van der Waals surface area contributed by atoms with Gasteiger partial charge in [-0.25, -0.2) is 4.98 Å². The quantitative estimate of drug-likeness (QED) is 0.107. The van der Waals surface area contributed by atoms with Gasteiger partial charge in [0.15, 0.2) is 0 Å². The van der Waals surface area contributed by atoms with Gasteiger partial charge < -0.3 is 13.9 Å². The third-order valence-corrected chi connectivity index (χ3v) is 15.6. The van der Waals surface area contributed by atoms with Crippen LogP contribution in [0.5, 0.6) is 11.5 Å². The fourth-order valence-electron chi connectivity index (χ4n) is 10.6. The van der Waals surface area contributed by atoms with Gasteiger partial charge >= 0.3 is 0 Å². The van der Waals surface area contributed by atoms with Crippen molar-refractivity contribution in [2.24, 2.45) is 5.41 Å². The molecule has 0 aliphatic heterocycles. The number of benzene rings is 8. The second-order valence-corrected chi connectivity index (χ2v) is 25.1. The van der Waals surface area contributed by atoms with Crippen LogP contribution in [-0.4, -0.2) is 14.1 Å². The van der Waals surface area contributed by atoms with E-state index in [1.54, 1.807) is 0 Å². The fraction of sp³-hybridized carbons (Fsp3) is 0.250. The maximum Gasteiger partial charge on any atom is 0.268 e. The first-order valence-electron chi connectivity index (χ1n) is 27.2. The number of hydrogen-bond acceptors (Lipinski definition) is 2. The minimum atomic E-state index is -0.0497. The Balaban J connectivity index is 0.00000688. The van der Waals surface area contributed by atoms with E-state index in [1.165, 1.54) is 33.4 Å². The smallest absolute Gasteiger partial charge is 0.268 e. The molecule has 3 heterocycles. The molecule has 1 atom stereocenters. The molecule has 3 aromatic heterocycles. The third-order valence-electron chi connectivity index (χ3n) is 15.6. The van der Waals surface area contributed by atoms with E-state index < -0.39 is 0 Å². The normalized spacial score (nSPS) is 12.8. The summed E-state index contributed by atoms with van der Waals surface area (Å²) in [5.41, 5.74) is 17.9. The minimum absolute atomic E-state index is 0. The standard InChI is InChI=1S/C72H70N4O.Pt/c1-47(69(2,3)4)61-44-67(73-45-62(61)49-33-35-51(36-34-49)70(5,6)7)76-63-30-18-17-27-59(63)60-38-37-56(43-66(60)76)77-55-26-21-25-54(42-55)74-46-75(65-32-20-19-31-64(65)74)68-57(48-23-15-14-16-24-48)28-22-29-58(68)50-39-52(71(8,9)10)41-53(40-50)72(11,12)13;/h14-41,44-45,47H,1-13H3;/q-2;. The topological polar surface area (TPSA) is 35.9 Å². The van der Waals surface area contributed by atoms with E-state index in [4.69, 9.17) is 9.72 Å². The van der Waals surface area contributed by atoms with Crippen molar-refractivity contribution in [3.05, 3.63) is 223 Å². The van der Waals surface area contributed by atoms with Crippen LogP contribution in [0.4, 0.5) is 0 Å². The number of rotatable bonds is 9. The molecule has 78 heavy (non-hydrogen) atoms. The summed E-state index contributed by atoms with van der Waals surface area (Å²) in [6, 6.07) is 70.6. The van der Waals surface area contributed by atoms with Crippen LogP contribution in [0.2, 0.25) is 0 Å². The van der Waals surface area contributed by atoms with E-state index in [1.807, 2.05) is 18.2 Å². The summed E-state index contributed by atoms with van der Waals surface area (Å²) >= 11 is 0. The molecule has 0 aliphatic carbocycles. The minimum Gasteiger partial charge on any atom is -0.510 e. The van der Waals surface area contributed by atoms with Gasteiger partial charge in [-0.05, 0) is 101 Å². The van der Waals surface area contributed by atoms with Gasteiger partial charge in [-0.2, -0.15) is 18.2 Å². The van der Waals surface area contributed by atoms with E-state index in [0.717, 1.165) is 72.3 Å². The van der Waals surface area contributed by atoms with Crippen molar-refractivity contribution in [1.82, 2.24) is 14.1 Å². The van der Waals surface area contributed by atoms with Crippen LogP contribution < -0.4 is 9.30 Å². The molecule has 0 fully saturated rings. The van der Waals surface area contributed by atoms with E-state index in [9.17, 15) is 0 Å². The molecule has 0 N–H and O–H groups in total. The van der Waals surface area contributed by atoms with Gasteiger partial charge in [-0.1, -0.05) is 229 Å². The van der Waals surface area contributed by atoms with Crippen molar-refractivity contribution in [2.45, 2.75) is 112 Å². The molecule has 0 bridgehead atoms. The molecular weight excluding hydrogens is 1130 g/mol. The molecule has 0 spiro atoms. The molecule has 1 unspecified atom stereocenters. The Hall–Kier alpha value is -7.33. The van der Waals surface area contributed by atoms with E-state index in [2.05, 4.69) is 286 Å². The number of fused-ring (bicyclic) bond motifs is 4. The first-order valence-corrected chi connectivity index (χ1v) is 27.2. The Labute approximate surface area is 476 Å². The predicted octanol–water partition coefficient (Wildman–Crippen LogP) is 18.6. The van der Waals surface area contributed by atoms with Gasteiger partial charge in [0.05, 0.1) is 16.7 Å². The van der Waals surface area contributed by atoms with Crippen LogP contribution in [-0.2, 0) is 37.3 Å². The zero-order valence-electron chi connectivity index (χ0n) is 47.4. The van der Waals surface area contributed by atoms with Crippen molar-refractivity contribution < 1.29 is 30.4 Å². The van der Waals surface area contributed by atoms with Gasteiger partial charge in [0.1, 0.15) is 5.82 Å². The van der Waals surface area contributed by atoms with Crippen LogP contribution in [0.1, 0.15) is 118 Å². The zero-order valence-corrected chi connectivity index (χ0v) is 49.7. The summed E-state index contributed by atoms with van der Waals surface area (Å²) in [6.45, 7) is 29.9. The Bertz CT molecular complexity index is 3970. The second-order valence-electron chi connectivity index (χ2n) is 25.1. The number of pyridine rings is 1. The van der Waals surface area contributed by atoms with Crippen molar-refractivity contribution in [3.8, 4) is 62.1 Å². The summed E-state index contributed by atoms with van der Waals surface area (Å²) in [5.74, 6) is 2.23. The molecule has 0 saturated heterocycles. The average molecular weight is 1200 g/mol. The SMILES string of the molecule is CC(c1cc(-n2c3[c-]c(Oc4[c-]c(-n5[c-][n+](-c6c(-c7ccccc7)cccc6-c6cc(C(C)(C)C)cc(C(C)(C)C)c6)c6ccccc65)ccc4)ccc3c3ccccc32)ncc1-c1ccc(C(C)(C)C)cc1)C(C)(C)C.[Pt]. The largest absolute Gasteiger partial charge is 0.510 e. The zero-order chi connectivity index (χ0) is 54.2. The van der Waals surface area contributed by atoms with Crippen molar-refractivity contribution in [3.63, 3.8) is 0 Å². The molecule has 0 amide bonds. The van der Waals surface area contributed by atoms with Crippen LogP contribution in [0.3, 0.4) is 0 Å². The number of aromatic nitrogens is 4. The summed E-state index contributed by atoms with van der Waals surface area (Å²) in [7, 11) is 0. The Morgan fingerprint density at radius 2 is 1.09 bits per heavy atom. The van der Waals surface area contributed by atoms with E-state index in [-0.39, 0.29) is 48.6 Å². The number of ether oxygens (including phenoxy) is 1. The monoisotopic (exact) mass is 1200 g/mol. The van der Waals surface area contributed by atoms with Gasteiger partial charge in [-0.3, -0.25) is 4.57 Å².